The Morgan fingerprint density at radius 2 is 1.97 bits per heavy atom. The van der Waals surface area contributed by atoms with Crippen molar-refractivity contribution in [3.8, 4) is 11.3 Å². The Bertz CT molecular complexity index is 1220. The monoisotopic (exact) mass is 512 g/mol. The molecule has 2 atom stereocenters. The highest BCUT2D eigenvalue weighted by atomic mass is 19.1. The minimum atomic E-state index is -0.813. The Morgan fingerprint density at radius 3 is 2.73 bits per heavy atom. The van der Waals surface area contributed by atoms with Gasteiger partial charge in [-0.2, -0.15) is 0 Å². The SMILES string of the molecule is O=C(N[C@@H]1CCN(C2CCCCC2)C[C@H]1C(=O)NCc1cnc[nH]1)c1cc(-c2ccc(F)cc2F)on1. The van der Waals surface area contributed by atoms with Gasteiger partial charge in [0.1, 0.15) is 11.6 Å². The van der Waals surface area contributed by atoms with Crippen LogP contribution in [0.3, 0.4) is 0 Å². The predicted octanol–water partition coefficient (Wildman–Crippen LogP) is 3.41. The first-order chi connectivity index (χ1) is 18.0. The fourth-order valence-corrected chi connectivity index (χ4v) is 5.33. The molecule has 196 valence electrons. The number of rotatable bonds is 7. The number of nitrogens with zero attached hydrogens (tertiary/aromatic N) is 3. The number of benzene rings is 1. The summed E-state index contributed by atoms with van der Waals surface area (Å²) in [6.07, 6.45) is 9.71. The maximum Gasteiger partial charge on any atom is 0.273 e. The van der Waals surface area contributed by atoms with Crippen molar-refractivity contribution in [3.63, 3.8) is 0 Å². The molecule has 2 aromatic heterocycles. The Kier molecular flexibility index (Phi) is 7.59. The third kappa shape index (κ3) is 5.87. The zero-order valence-corrected chi connectivity index (χ0v) is 20.4. The highest BCUT2D eigenvalue weighted by Gasteiger charge is 2.38. The van der Waals surface area contributed by atoms with E-state index >= 15 is 0 Å². The summed E-state index contributed by atoms with van der Waals surface area (Å²) in [6, 6.07) is 4.44. The first-order valence-corrected chi connectivity index (χ1v) is 12.7. The van der Waals surface area contributed by atoms with Crippen molar-refractivity contribution in [3.05, 3.63) is 59.8 Å². The lowest BCUT2D eigenvalue weighted by atomic mass is 9.87. The number of likely N-dealkylation sites (tertiary alicyclic amines) is 1. The fraction of sp³-hybridized carbons (Fsp3) is 0.462. The van der Waals surface area contributed by atoms with E-state index in [-0.39, 0.29) is 22.9 Å². The number of halogens is 2. The van der Waals surface area contributed by atoms with Crippen molar-refractivity contribution in [2.75, 3.05) is 13.1 Å². The molecule has 1 aliphatic heterocycles. The first kappa shape index (κ1) is 25.1. The number of imidazole rings is 1. The third-order valence-electron chi connectivity index (χ3n) is 7.34. The molecular weight excluding hydrogens is 482 g/mol. The van der Waals surface area contributed by atoms with Gasteiger partial charge in [0.05, 0.1) is 30.0 Å². The van der Waals surface area contributed by atoms with Crippen molar-refractivity contribution in [2.24, 2.45) is 5.92 Å². The van der Waals surface area contributed by atoms with Crippen molar-refractivity contribution in [2.45, 2.75) is 57.2 Å². The van der Waals surface area contributed by atoms with Crippen LogP contribution in [0.4, 0.5) is 8.78 Å². The van der Waals surface area contributed by atoms with E-state index in [1.165, 1.54) is 31.4 Å². The minimum absolute atomic E-state index is 0.00445. The fourth-order valence-electron chi connectivity index (χ4n) is 5.33. The molecule has 2 fully saturated rings. The molecule has 1 saturated heterocycles. The molecule has 0 bridgehead atoms. The predicted molar refractivity (Wildman–Crippen MR) is 130 cm³/mol. The van der Waals surface area contributed by atoms with Crippen LogP contribution < -0.4 is 10.6 Å². The summed E-state index contributed by atoms with van der Waals surface area (Å²) in [5.74, 6) is -2.62. The van der Waals surface area contributed by atoms with Crippen LogP contribution in [0.5, 0.6) is 0 Å². The molecular formula is C26H30F2N6O3. The molecule has 3 N–H and O–H groups in total. The summed E-state index contributed by atoms with van der Waals surface area (Å²) in [5, 5.41) is 9.69. The molecule has 5 rings (SSSR count). The first-order valence-electron chi connectivity index (χ1n) is 12.7. The largest absolute Gasteiger partial charge is 0.355 e. The van der Waals surface area contributed by atoms with Gasteiger partial charge in [-0.15, -0.1) is 0 Å². The maximum absolute atomic E-state index is 14.1. The lowest BCUT2D eigenvalue weighted by molar-refractivity contribution is -0.128. The van der Waals surface area contributed by atoms with E-state index in [0.717, 1.165) is 37.2 Å². The Morgan fingerprint density at radius 1 is 1.14 bits per heavy atom. The maximum atomic E-state index is 14.1. The second-order valence-corrected chi connectivity index (χ2v) is 9.76. The number of nitrogens with one attached hydrogen (secondary N) is 3. The van der Waals surface area contributed by atoms with E-state index in [0.29, 0.717) is 25.6 Å². The van der Waals surface area contributed by atoms with Crippen molar-refractivity contribution >= 4 is 11.8 Å². The van der Waals surface area contributed by atoms with Crippen LogP contribution in [0.1, 0.15) is 54.7 Å². The van der Waals surface area contributed by atoms with Crippen molar-refractivity contribution in [1.29, 1.82) is 0 Å². The summed E-state index contributed by atoms with van der Waals surface area (Å²) in [4.78, 5) is 35.7. The molecule has 0 radical (unpaired) electrons. The van der Waals surface area contributed by atoms with Gasteiger partial charge in [0.2, 0.25) is 5.91 Å². The second kappa shape index (κ2) is 11.2. The van der Waals surface area contributed by atoms with Gasteiger partial charge in [-0.1, -0.05) is 24.4 Å². The molecule has 11 heteroatoms. The number of hydrogen-bond acceptors (Lipinski definition) is 6. The van der Waals surface area contributed by atoms with Gasteiger partial charge in [0, 0.05) is 43.5 Å². The Hall–Kier alpha value is -3.60. The van der Waals surface area contributed by atoms with Crippen molar-refractivity contribution < 1.29 is 22.9 Å². The second-order valence-electron chi connectivity index (χ2n) is 9.76. The molecule has 3 heterocycles. The number of carbonyl (C=O) groups excluding carboxylic acids is 2. The number of carbonyl (C=O) groups is 2. The van der Waals surface area contributed by atoms with Gasteiger partial charge in [0.15, 0.2) is 11.5 Å². The van der Waals surface area contributed by atoms with E-state index in [4.69, 9.17) is 4.52 Å². The Balaban J connectivity index is 1.28. The van der Waals surface area contributed by atoms with Crippen LogP contribution >= 0.6 is 0 Å². The van der Waals surface area contributed by atoms with Gasteiger partial charge < -0.3 is 20.1 Å². The van der Waals surface area contributed by atoms with E-state index in [1.54, 1.807) is 12.5 Å². The summed E-state index contributed by atoms with van der Waals surface area (Å²) in [6.45, 7) is 1.65. The standard InChI is InChI=1S/C26H30F2N6O3/c27-16-6-7-19(21(28)10-16)24-11-23(33-37-24)26(36)32-22-8-9-34(18-4-2-1-3-5-18)14-20(22)25(35)30-13-17-12-29-15-31-17/h6-7,10-12,15,18,20,22H,1-5,8-9,13-14H2,(H,29,31)(H,30,35)(H,32,36)/t20-,22-/m1/s1. The zero-order valence-electron chi connectivity index (χ0n) is 20.4. The number of aromatic nitrogens is 3. The van der Waals surface area contributed by atoms with Crippen LogP contribution in [0, 0.1) is 17.6 Å². The van der Waals surface area contributed by atoms with E-state index < -0.39 is 29.5 Å². The average molecular weight is 513 g/mol. The van der Waals surface area contributed by atoms with Gasteiger partial charge in [-0.25, -0.2) is 13.8 Å². The quantitative estimate of drug-likeness (QED) is 0.447. The lowest BCUT2D eigenvalue weighted by Crippen LogP contribution is -2.57. The summed E-state index contributed by atoms with van der Waals surface area (Å²) < 4.78 is 32.6. The number of H-pyrrole nitrogens is 1. The topological polar surface area (TPSA) is 116 Å². The highest BCUT2D eigenvalue weighted by molar-refractivity contribution is 5.94. The van der Waals surface area contributed by atoms with Crippen molar-refractivity contribution in [1.82, 2.24) is 30.7 Å². The molecule has 37 heavy (non-hydrogen) atoms. The Labute approximate surface area is 213 Å². The van der Waals surface area contributed by atoms with Crippen LogP contribution in [0.2, 0.25) is 0 Å². The van der Waals surface area contributed by atoms with Gasteiger partial charge in [-0.3, -0.25) is 14.5 Å². The molecule has 1 saturated carbocycles. The molecule has 1 aliphatic carbocycles. The number of hydrogen-bond donors (Lipinski definition) is 3. The van der Waals surface area contributed by atoms with Gasteiger partial charge in [-0.05, 0) is 31.4 Å². The summed E-state index contributed by atoms with van der Waals surface area (Å²) >= 11 is 0. The molecule has 2 aliphatic rings. The number of piperidine rings is 1. The van der Waals surface area contributed by atoms with E-state index in [2.05, 4.69) is 30.7 Å². The van der Waals surface area contributed by atoms with E-state index in [9.17, 15) is 18.4 Å². The zero-order chi connectivity index (χ0) is 25.8. The molecule has 1 aromatic carbocycles. The number of amides is 2. The van der Waals surface area contributed by atoms with Crippen LogP contribution in [-0.4, -0.2) is 57.0 Å². The summed E-state index contributed by atoms with van der Waals surface area (Å²) in [5.41, 5.74) is 0.756. The molecule has 0 spiro atoms. The highest BCUT2D eigenvalue weighted by Crippen LogP contribution is 2.28. The molecule has 0 unspecified atom stereocenters. The van der Waals surface area contributed by atoms with Crippen LogP contribution in [-0.2, 0) is 11.3 Å². The minimum Gasteiger partial charge on any atom is -0.355 e. The van der Waals surface area contributed by atoms with E-state index in [1.807, 2.05) is 0 Å². The van der Waals surface area contributed by atoms with Gasteiger partial charge >= 0.3 is 0 Å². The smallest absolute Gasteiger partial charge is 0.273 e. The normalized spacial score (nSPS) is 21.0. The average Bonchev–Trinajstić information content (AvgIpc) is 3.61. The molecule has 3 aromatic rings. The van der Waals surface area contributed by atoms with Crippen LogP contribution in [0.25, 0.3) is 11.3 Å². The van der Waals surface area contributed by atoms with Gasteiger partial charge in [0.25, 0.3) is 5.91 Å². The molecule has 9 nitrogen and oxygen atoms in total. The summed E-state index contributed by atoms with van der Waals surface area (Å²) in [7, 11) is 0. The van der Waals surface area contributed by atoms with Crippen LogP contribution in [0.15, 0.2) is 41.3 Å². The lowest BCUT2D eigenvalue weighted by Gasteiger charge is -2.43. The molecule has 2 amide bonds. The number of aromatic amines is 1. The third-order valence-corrected chi connectivity index (χ3v) is 7.34.